The van der Waals surface area contributed by atoms with Gasteiger partial charge in [0.05, 0.1) is 13.3 Å². The fraction of sp³-hybridized carbons (Fsp3) is 0.615. The SMILES string of the molecule is COc1ccc(OC2CC(C(C)C)C2)nc1. The Kier molecular flexibility index (Phi) is 3.32. The first-order valence-electron chi connectivity index (χ1n) is 5.85. The van der Waals surface area contributed by atoms with E-state index in [1.807, 2.05) is 12.1 Å². The van der Waals surface area contributed by atoms with Gasteiger partial charge in [0.2, 0.25) is 5.88 Å². The van der Waals surface area contributed by atoms with E-state index in [-0.39, 0.29) is 0 Å². The molecule has 0 N–H and O–H groups in total. The Morgan fingerprint density at radius 1 is 1.31 bits per heavy atom. The van der Waals surface area contributed by atoms with Crippen molar-refractivity contribution in [3.63, 3.8) is 0 Å². The van der Waals surface area contributed by atoms with E-state index in [0.717, 1.165) is 30.4 Å². The number of hydrogen-bond donors (Lipinski definition) is 0. The van der Waals surface area contributed by atoms with E-state index in [9.17, 15) is 0 Å². The zero-order valence-electron chi connectivity index (χ0n) is 10.1. The normalized spacial score (nSPS) is 24.0. The summed E-state index contributed by atoms with van der Waals surface area (Å²) >= 11 is 0. The summed E-state index contributed by atoms with van der Waals surface area (Å²) in [6, 6.07) is 3.74. The van der Waals surface area contributed by atoms with Crippen molar-refractivity contribution in [3.8, 4) is 11.6 Å². The Bertz CT molecular complexity index is 328. The van der Waals surface area contributed by atoms with Crippen LogP contribution in [0.3, 0.4) is 0 Å². The van der Waals surface area contributed by atoms with Crippen LogP contribution in [0.1, 0.15) is 26.7 Å². The molecule has 16 heavy (non-hydrogen) atoms. The van der Waals surface area contributed by atoms with Crippen molar-refractivity contribution in [1.82, 2.24) is 4.98 Å². The summed E-state index contributed by atoms with van der Waals surface area (Å²) < 4.78 is 10.8. The first-order valence-corrected chi connectivity index (χ1v) is 5.85. The molecule has 1 aliphatic carbocycles. The monoisotopic (exact) mass is 221 g/mol. The lowest BCUT2D eigenvalue weighted by atomic mass is 9.75. The van der Waals surface area contributed by atoms with E-state index in [0.29, 0.717) is 12.0 Å². The highest BCUT2D eigenvalue weighted by molar-refractivity contribution is 5.22. The zero-order valence-corrected chi connectivity index (χ0v) is 10.1. The highest BCUT2D eigenvalue weighted by Gasteiger charge is 2.32. The Morgan fingerprint density at radius 3 is 2.56 bits per heavy atom. The Balaban J connectivity index is 1.82. The van der Waals surface area contributed by atoms with Crippen molar-refractivity contribution in [2.75, 3.05) is 7.11 Å². The van der Waals surface area contributed by atoms with Gasteiger partial charge in [-0.05, 0) is 30.7 Å². The molecule has 1 fully saturated rings. The predicted molar refractivity (Wildman–Crippen MR) is 62.8 cm³/mol. The van der Waals surface area contributed by atoms with Crippen molar-refractivity contribution in [1.29, 1.82) is 0 Å². The average molecular weight is 221 g/mol. The molecule has 0 spiro atoms. The number of hydrogen-bond acceptors (Lipinski definition) is 3. The standard InChI is InChI=1S/C13H19NO2/c1-9(2)10-6-12(7-10)16-13-5-4-11(15-3)8-14-13/h4-5,8-10,12H,6-7H2,1-3H3. The highest BCUT2D eigenvalue weighted by atomic mass is 16.5. The van der Waals surface area contributed by atoms with Gasteiger partial charge in [-0.2, -0.15) is 0 Å². The van der Waals surface area contributed by atoms with Gasteiger partial charge in [-0.3, -0.25) is 0 Å². The molecule has 0 atom stereocenters. The minimum absolute atomic E-state index is 0.355. The summed E-state index contributed by atoms with van der Waals surface area (Å²) in [6.45, 7) is 4.54. The van der Waals surface area contributed by atoms with Crippen LogP contribution in [0, 0.1) is 11.8 Å². The maximum absolute atomic E-state index is 5.76. The number of rotatable bonds is 4. The fourth-order valence-electron chi connectivity index (χ4n) is 1.97. The summed E-state index contributed by atoms with van der Waals surface area (Å²) in [7, 11) is 1.64. The van der Waals surface area contributed by atoms with E-state index in [1.165, 1.54) is 0 Å². The second-order valence-electron chi connectivity index (χ2n) is 4.75. The number of nitrogens with zero attached hydrogens (tertiary/aromatic N) is 1. The van der Waals surface area contributed by atoms with E-state index < -0.39 is 0 Å². The molecule has 0 bridgehead atoms. The molecule has 1 heterocycles. The minimum Gasteiger partial charge on any atom is -0.495 e. The quantitative estimate of drug-likeness (QED) is 0.783. The fourth-order valence-corrected chi connectivity index (χ4v) is 1.97. The molecule has 1 aromatic heterocycles. The van der Waals surface area contributed by atoms with Crippen molar-refractivity contribution < 1.29 is 9.47 Å². The van der Waals surface area contributed by atoms with Crippen LogP contribution in [0.4, 0.5) is 0 Å². The molecule has 1 saturated carbocycles. The molecule has 0 unspecified atom stereocenters. The van der Waals surface area contributed by atoms with Crippen LogP contribution in [0.5, 0.6) is 11.6 Å². The van der Waals surface area contributed by atoms with Crippen molar-refractivity contribution in [2.45, 2.75) is 32.8 Å². The maximum Gasteiger partial charge on any atom is 0.213 e. The van der Waals surface area contributed by atoms with Gasteiger partial charge in [0, 0.05) is 6.07 Å². The minimum atomic E-state index is 0.355. The second-order valence-corrected chi connectivity index (χ2v) is 4.75. The molecule has 3 heteroatoms. The lowest BCUT2D eigenvalue weighted by Gasteiger charge is -2.37. The molecular weight excluding hydrogens is 202 g/mol. The summed E-state index contributed by atoms with van der Waals surface area (Å²) in [5.41, 5.74) is 0. The molecule has 0 saturated heterocycles. The van der Waals surface area contributed by atoms with Gasteiger partial charge in [0.15, 0.2) is 0 Å². The van der Waals surface area contributed by atoms with Crippen molar-refractivity contribution in [2.24, 2.45) is 11.8 Å². The van der Waals surface area contributed by atoms with Gasteiger partial charge in [0.25, 0.3) is 0 Å². The first-order chi connectivity index (χ1) is 7.69. The number of pyridine rings is 1. The van der Waals surface area contributed by atoms with Crippen LogP contribution in [-0.2, 0) is 0 Å². The molecule has 1 aliphatic rings. The van der Waals surface area contributed by atoms with Crippen LogP contribution in [0.25, 0.3) is 0 Å². The molecule has 0 amide bonds. The van der Waals surface area contributed by atoms with Gasteiger partial charge in [0.1, 0.15) is 11.9 Å². The molecule has 0 aliphatic heterocycles. The molecular formula is C13H19NO2. The zero-order chi connectivity index (χ0) is 11.5. The van der Waals surface area contributed by atoms with Crippen molar-refractivity contribution >= 4 is 0 Å². The molecule has 0 radical (unpaired) electrons. The van der Waals surface area contributed by atoms with Crippen LogP contribution >= 0.6 is 0 Å². The first kappa shape index (κ1) is 11.2. The lowest BCUT2D eigenvalue weighted by Crippen LogP contribution is -2.36. The highest BCUT2D eigenvalue weighted by Crippen LogP contribution is 2.35. The van der Waals surface area contributed by atoms with E-state index in [2.05, 4.69) is 18.8 Å². The van der Waals surface area contributed by atoms with Crippen molar-refractivity contribution in [3.05, 3.63) is 18.3 Å². The summed E-state index contributed by atoms with van der Waals surface area (Å²) in [5.74, 6) is 3.06. The third-order valence-electron chi connectivity index (χ3n) is 3.31. The number of aromatic nitrogens is 1. The Hall–Kier alpha value is -1.25. The predicted octanol–water partition coefficient (Wildman–Crippen LogP) is 2.90. The number of methoxy groups -OCH3 is 1. The third-order valence-corrected chi connectivity index (χ3v) is 3.31. The van der Waals surface area contributed by atoms with Gasteiger partial charge in [-0.25, -0.2) is 4.98 Å². The van der Waals surface area contributed by atoms with Gasteiger partial charge >= 0.3 is 0 Å². The smallest absolute Gasteiger partial charge is 0.213 e. The van der Waals surface area contributed by atoms with Crippen LogP contribution in [-0.4, -0.2) is 18.2 Å². The number of ether oxygens (including phenoxy) is 2. The van der Waals surface area contributed by atoms with E-state index in [4.69, 9.17) is 9.47 Å². The average Bonchev–Trinajstić information content (AvgIpc) is 2.23. The largest absolute Gasteiger partial charge is 0.495 e. The topological polar surface area (TPSA) is 31.4 Å². The third kappa shape index (κ3) is 2.46. The second kappa shape index (κ2) is 4.73. The molecule has 88 valence electrons. The Morgan fingerprint density at radius 2 is 2.06 bits per heavy atom. The molecule has 0 aromatic carbocycles. The van der Waals surface area contributed by atoms with Gasteiger partial charge in [-0.15, -0.1) is 0 Å². The van der Waals surface area contributed by atoms with E-state index >= 15 is 0 Å². The molecule has 3 nitrogen and oxygen atoms in total. The van der Waals surface area contributed by atoms with Crippen LogP contribution in [0.15, 0.2) is 18.3 Å². The van der Waals surface area contributed by atoms with Gasteiger partial charge in [-0.1, -0.05) is 13.8 Å². The summed E-state index contributed by atoms with van der Waals surface area (Å²) in [4.78, 5) is 4.19. The summed E-state index contributed by atoms with van der Waals surface area (Å²) in [6.07, 6.45) is 4.36. The molecule has 2 rings (SSSR count). The van der Waals surface area contributed by atoms with Crippen LogP contribution < -0.4 is 9.47 Å². The van der Waals surface area contributed by atoms with Crippen LogP contribution in [0.2, 0.25) is 0 Å². The maximum atomic E-state index is 5.76. The Labute approximate surface area is 96.8 Å². The molecule has 1 aromatic rings. The summed E-state index contributed by atoms with van der Waals surface area (Å²) in [5, 5.41) is 0. The lowest BCUT2D eigenvalue weighted by molar-refractivity contribution is 0.0382. The van der Waals surface area contributed by atoms with E-state index in [1.54, 1.807) is 13.3 Å². The van der Waals surface area contributed by atoms with Gasteiger partial charge < -0.3 is 9.47 Å².